The lowest BCUT2D eigenvalue weighted by Gasteiger charge is -2.16. The van der Waals surface area contributed by atoms with Crippen molar-refractivity contribution in [3.05, 3.63) is 22.7 Å². The van der Waals surface area contributed by atoms with Crippen LogP contribution in [0.2, 0.25) is 5.02 Å². The first-order chi connectivity index (χ1) is 13.0. The van der Waals surface area contributed by atoms with Crippen LogP contribution < -0.4 is 15.8 Å². The van der Waals surface area contributed by atoms with Crippen LogP contribution in [0.15, 0.2) is 17.0 Å². The van der Waals surface area contributed by atoms with Crippen molar-refractivity contribution in [2.24, 2.45) is 5.14 Å². The van der Waals surface area contributed by atoms with E-state index in [9.17, 15) is 22.8 Å². The van der Waals surface area contributed by atoms with E-state index in [1.165, 1.54) is 13.0 Å². The first-order valence-electron chi connectivity index (χ1n) is 8.24. The third kappa shape index (κ3) is 6.75. The summed E-state index contributed by atoms with van der Waals surface area (Å²) in [6.45, 7) is 4.75. The topological polar surface area (TPSA) is 154 Å². The van der Waals surface area contributed by atoms with Gasteiger partial charge in [0.05, 0.1) is 42.1 Å². The van der Waals surface area contributed by atoms with E-state index in [1.54, 1.807) is 13.8 Å². The summed E-state index contributed by atoms with van der Waals surface area (Å²) in [5, 5.41) is 9.82. The number of esters is 2. The number of primary sulfonamides is 1. The molecule has 1 atom stereocenters. The Labute approximate surface area is 167 Å². The number of halogens is 1. The molecular weight excluding hydrogens is 414 g/mol. The van der Waals surface area contributed by atoms with Crippen molar-refractivity contribution in [1.29, 1.82) is 0 Å². The summed E-state index contributed by atoms with van der Waals surface area (Å²) in [6, 6.07) is 1.28. The zero-order chi connectivity index (χ0) is 21.5. The molecule has 0 radical (unpaired) electrons. The summed E-state index contributed by atoms with van der Waals surface area (Å²) in [5.41, 5.74) is -0.302. The van der Waals surface area contributed by atoms with Gasteiger partial charge in [-0.15, -0.1) is 0 Å². The van der Waals surface area contributed by atoms with Crippen LogP contribution in [0.3, 0.4) is 0 Å². The minimum atomic E-state index is -4.28. The fraction of sp³-hybridized carbons (Fsp3) is 0.438. The van der Waals surface area contributed by atoms with Gasteiger partial charge >= 0.3 is 11.9 Å². The molecule has 0 aliphatic carbocycles. The fourth-order valence-electron chi connectivity index (χ4n) is 2.01. The molecule has 1 amide bonds. The summed E-state index contributed by atoms with van der Waals surface area (Å²) >= 11 is 6.04. The van der Waals surface area contributed by atoms with Crippen molar-refractivity contribution in [2.45, 2.75) is 31.7 Å². The summed E-state index contributed by atoms with van der Waals surface area (Å²) in [7, 11) is -4.28. The third-order valence-electron chi connectivity index (χ3n) is 3.37. The number of hydrogen-bond donors (Lipinski definition) is 3. The van der Waals surface area contributed by atoms with Gasteiger partial charge in [-0.1, -0.05) is 11.6 Å². The Kier molecular flexibility index (Phi) is 8.82. The number of sulfonamides is 1. The van der Waals surface area contributed by atoms with Crippen molar-refractivity contribution >= 4 is 45.2 Å². The van der Waals surface area contributed by atoms with Crippen LogP contribution in [0.25, 0.3) is 0 Å². The predicted octanol–water partition coefficient (Wildman–Crippen LogP) is 0.644. The van der Waals surface area contributed by atoms with Crippen molar-refractivity contribution in [1.82, 2.24) is 5.32 Å². The largest absolute Gasteiger partial charge is 0.465 e. The number of amides is 1. The van der Waals surface area contributed by atoms with Gasteiger partial charge in [0.15, 0.2) is 0 Å². The average molecular weight is 436 g/mol. The van der Waals surface area contributed by atoms with E-state index in [2.05, 4.69) is 10.6 Å². The second-order valence-corrected chi connectivity index (χ2v) is 7.41. The molecule has 0 saturated heterocycles. The van der Waals surface area contributed by atoms with Crippen molar-refractivity contribution in [3.63, 3.8) is 0 Å². The van der Waals surface area contributed by atoms with E-state index in [1.807, 2.05) is 0 Å². The van der Waals surface area contributed by atoms with Crippen molar-refractivity contribution in [2.75, 3.05) is 25.1 Å². The summed E-state index contributed by atoms with van der Waals surface area (Å²) in [6.07, 6.45) is 0. The second kappa shape index (κ2) is 10.4. The number of nitrogens with one attached hydrogen (secondary N) is 2. The molecule has 0 aliphatic heterocycles. The van der Waals surface area contributed by atoms with Crippen LogP contribution in [0.5, 0.6) is 0 Å². The van der Waals surface area contributed by atoms with Crippen LogP contribution in [-0.2, 0) is 29.1 Å². The normalized spacial score (nSPS) is 12.2. The van der Waals surface area contributed by atoms with E-state index in [4.69, 9.17) is 26.2 Å². The molecule has 156 valence electrons. The molecule has 0 spiro atoms. The Hall–Kier alpha value is -2.21. The minimum Gasteiger partial charge on any atom is -0.465 e. The first-order valence-corrected chi connectivity index (χ1v) is 10.2. The number of benzene rings is 1. The lowest BCUT2D eigenvalue weighted by Crippen LogP contribution is -2.41. The number of nitrogens with two attached hydrogens (primary N) is 1. The monoisotopic (exact) mass is 435 g/mol. The van der Waals surface area contributed by atoms with E-state index in [0.717, 1.165) is 6.07 Å². The van der Waals surface area contributed by atoms with Gasteiger partial charge in [-0.25, -0.2) is 18.4 Å². The highest BCUT2D eigenvalue weighted by Crippen LogP contribution is 2.31. The minimum absolute atomic E-state index is 0.0582. The lowest BCUT2D eigenvalue weighted by molar-refractivity contribution is -0.142. The maximum Gasteiger partial charge on any atom is 0.338 e. The predicted molar refractivity (Wildman–Crippen MR) is 102 cm³/mol. The molecule has 0 aliphatic rings. The van der Waals surface area contributed by atoms with Crippen molar-refractivity contribution in [3.8, 4) is 0 Å². The molecular formula is C16H22ClN3O7S. The third-order valence-corrected chi connectivity index (χ3v) is 4.82. The second-order valence-electron chi connectivity index (χ2n) is 5.50. The highest BCUT2D eigenvalue weighted by molar-refractivity contribution is 7.89. The molecule has 12 heteroatoms. The maximum absolute atomic E-state index is 12.3. The van der Waals surface area contributed by atoms with E-state index >= 15 is 0 Å². The van der Waals surface area contributed by atoms with Crippen molar-refractivity contribution < 1.29 is 32.3 Å². The van der Waals surface area contributed by atoms with Crippen LogP contribution >= 0.6 is 11.6 Å². The summed E-state index contributed by atoms with van der Waals surface area (Å²) in [4.78, 5) is 35.1. The fourth-order valence-corrected chi connectivity index (χ4v) is 3.14. The van der Waals surface area contributed by atoms with Gasteiger partial charge in [0.25, 0.3) is 0 Å². The zero-order valence-corrected chi connectivity index (χ0v) is 17.1. The molecule has 0 unspecified atom stereocenters. The quantitative estimate of drug-likeness (QED) is 0.477. The van der Waals surface area contributed by atoms with Gasteiger partial charge in [-0.05, 0) is 32.9 Å². The van der Waals surface area contributed by atoms with E-state index in [0.29, 0.717) is 0 Å². The lowest BCUT2D eigenvalue weighted by atomic mass is 10.2. The van der Waals surface area contributed by atoms with Gasteiger partial charge < -0.3 is 14.8 Å². The Morgan fingerprint density at radius 2 is 1.79 bits per heavy atom. The SMILES string of the molecule is CCOC(=O)CN[C@@H](C)C(=O)Nc1cc(C(=O)OCC)cc(S(N)(=O)=O)c1Cl. The molecule has 28 heavy (non-hydrogen) atoms. The Bertz CT molecular complexity index is 858. The highest BCUT2D eigenvalue weighted by atomic mass is 35.5. The molecule has 0 aromatic heterocycles. The maximum atomic E-state index is 12.3. The number of carbonyl (C=O) groups is 3. The van der Waals surface area contributed by atoms with Crippen LogP contribution in [0, 0.1) is 0 Å². The standard InChI is InChI=1S/C16H22ClN3O7S/c1-4-26-13(21)8-19-9(3)15(22)20-11-6-10(16(23)27-5-2)7-12(14(11)17)28(18,24)25/h6-7,9,19H,4-5,8H2,1-3H3,(H,20,22)(H2,18,24,25)/t9-/m0/s1. The van der Waals surface area contributed by atoms with Gasteiger partial charge in [0.2, 0.25) is 15.9 Å². The first kappa shape index (κ1) is 23.8. The van der Waals surface area contributed by atoms with Crippen LogP contribution in [0.4, 0.5) is 5.69 Å². The smallest absolute Gasteiger partial charge is 0.338 e. The van der Waals surface area contributed by atoms with Gasteiger partial charge in [0.1, 0.15) is 4.90 Å². The molecule has 0 heterocycles. The molecule has 1 aromatic carbocycles. The highest BCUT2D eigenvalue weighted by Gasteiger charge is 2.23. The Morgan fingerprint density at radius 1 is 1.18 bits per heavy atom. The summed E-state index contributed by atoms with van der Waals surface area (Å²) in [5.74, 6) is -1.98. The Morgan fingerprint density at radius 3 is 2.32 bits per heavy atom. The zero-order valence-electron chi connectivity index (χ0n) is 15.6. The van der Waals surface area contributed by atoms with Crippen LogP contribution in [0.1, 0.15) is 31.1 Å². The van der Waals surface area contributed by atoms with Gasteiger partial charge in [0, 0.05) is 0 Å². The number of anilines is 1. The molecule has 1 rings (SSSR count). The number of carbonyl (C=O) groups excluding carboxylic acids is 3. The molecule has 0 fully saturated rings. The number of rotatable bonds is 9. The van der Waals surface area contributed by atoms with Crippen LogP contribution in [-0.4, -0.2) is 52.1 Å². The molecule has 1 aromatic rings. The summed E-state index contributed by atoms with van der Waals surface area (Å²) < 4.78 is 33.1. The molecule has 10 nitrogen and oxygen atoms in total. The molecule has 0 bridgehead atoms. The van der Waals surface area contributed by atoms with E-state index < -0.39 is 38.8 Å². The molecule has 0 saturated carbocycles. The molecule has 4 N–H and O–H groups in total. The number of ether oxygens (including phenoxy) is 2. The van der Waals surface area contributed by atoms with E-state index in [-0.39, 0.29) is 36.0 Å². The average Bonchev–Trinajstić information content (AvgIpc) is 2.60. The van der Waals surface area contributed by atoms with Gasteiger partial charge in [-0.2, -0.15) is 0 Å². The Balaban J connectivity index is 3.11. The van der Waals surface area contributed by atoms with Gasteiger partial charge in [-0.3, -0.25) is 14.9 Å². The number of hydrogen-bond acceptors (Lipinski definition) is 8.